The van der Waals surface area contributed by atoms with Gasteiger partial charge in [-0.3, -0.25) is 4.48 Å². The molecule has 0 radical (unpaired) electrons. The summed E-state index contributed by atoms with van der Waals surface area (Å²) in [6.07, 6.45) is 14.1. The minimum atomic E-state index is 0.263. The fourth-order valence-electron chi connectivity index (χ4n) is 2.97. The van der Waals surface area contributed by atoms with E-state index in [9.17, 15) is 0 Å². The zero-order chi connectivity index (χ0) is 17.2. The highest BCUT2D eigenvalue weighted by Gasteiger charge is 2.26. The minimum Gasteiger partial charge on any atom is -0.288 e. The van der Waals surface area contributed by atoms with Crippen LogP contribution in [-0.2, 0) is 0 Å². The number of nitriles is 3. The first-order valence-corrected chi connectivity index (χ1v) is 9.20. The van der Waals surface area contributed by atoms with Gasteiger partial charge in [-0.05, 0) is 12.8 Å². The molecule has 0 aliphatic carbocycles. The number of rotatable bonds is 15. The van der Waals surface area contributed by atoms with Crippen LogP contribution in [0.4, 0.5) is 0 Å². The first-order valence-electron chi connectivity index (χ1n) is 9.20. The fraction of sp³-hybridized carbons (Fsp3) is 0.842. The van der Waals surface area contributed by atoms with Gasteiger partial charge in [-0.1, -0.05) is 64.7 Å². The Kier molecular flexibility index (Phi) is 14.3. The van der Waals surface area contributed by atoms with Gasteiger partial charge in [0.25, 0.3) is 0 Å². The van der Waals surface area contributed by atoms with E-state index in [1.165, 1.54) is 57.8 Å². The van der Waals surface area contributed by atoms with Crippen LogP contribution in [0.1, 0.15) is 77.6 Å². The van der Waals surface area contributed by atoms with Crippen LogP contribution in [0.25, 0.3) is 0 Å². The molecule has 0 saturated carbocycles. The third-order valence-electron chi connectivity index (χ3n) is 4.45. The number of hydrogen-bond acceptors (Lipinski definition) is 3. The number of quaternary nitrogens is 1. The van der Waals surface area contributed by atoms with Crippen LogP contribution in [0, 0.1) is 34.0 Å². The van der Waals surface area contributed by atoms with Crippen LogP contribution in [0.2, 0.25) is 0 Å². The van der Waals surface area contributed by atoms with Crippen molar-refractivity contribution in [2.24, 2.45) is 0 Å². The Labute approximate surface area is 142 Å². The van der Waals surface area contributed by atoms with Gasteiger partial charge in [-0.25, -0.2) is 0 Å². The first kappa shape index (κ1) is 21.4. The molecule has 0 aromatic rings. The van der Waals surface area contributed by atoms with Gasteiger partial charge in [0.2, 0.25) is 0 Å². The normalized spacial score (nSPS) is 10.7. The number of hydrogen-bond donors (Lipinski definition) is 0. The van der Waals surface area contributed by atoms with Crippen molar-refractivity contribution in [3.8, 4) is 18.2 Å². The van der Waals surface area contributed by atoms with E-state index in [1.807, 2.05) is 0 Å². The third-order valence-corrected chi connectivity index (χ3v) is 4.45. The number of nitrogens with zero attached hydrogens (tertiary/aromatic N) is 4. The van der Waals surface area contributed by atoms with Gasteiger partial charge in [0.05, 0.1) is 6.54 Å². The molecule has 0 unspecified atom stereocenters. The van der Waals surface area contributed by atoms with Crippen molar-refractivity contribution in [1.82, 2.24) is 0 Å². The van der Waals surface area contributed by atoms with E-state index >= 15 is 0 Å². The Morgan fingerprint density at radius 2 is 0.913 bits per heavy atom. The quantitative estimate of drug-likeness (QED) is 0.250. The SMILES string of the molecule is CCCCCCCCCCCCC[N+](CC#N)(CC#N)CC#N. The second kappa shape index (κ2) is 15.3. The Morgan fingerprint density at radius 1 is 0.565 bits per heavy atom. The summed E-state index contributed by atoms with van der Waals surface area (Å²) in [6.45, 7) is 3.81. The topological polar surface area (TPSA) is 71.4 Å². The average molecular weight is 318 g/mol. The molecule has 0 rings (SSSR count). The lowest BCUT2D eigenvalue weighted by atomic mass is 10.1. The van der Waals surface area contributed by atoms with E-state index in [0.717, 1.165) is 19.4 Å². The lowest BCUT2D eigenvalue weighted by molar-refractivity contribution is -0.908. The molecule has 0 aromatic heterocycles. The molecule has 23 heavy (non-hydrogen) atoms. The molecule has 0 amide bonds. The van der Waals surface area contributed by atoms with Gasteiger partial charge in [-0.15, -0.1) is 0 Å². The predicted octanol–water partition coefficient (Wildman–Crippen LogP) is 4.68. The lowest BCUT2D eigenvalue weighted by Gasteiger charge is -2.31. The van der Waals surface area contributed by atoms with Gasteiger partial charge < -0.3 is 0 Å². The molecule has 4 nitrogen and oxygen atoms in total. The Morgan fingerprint density at radius 3 is 1.26 bits per heavy atom. The summed E-state index contributed by atoms with van der Waals surface area (Å²) in [6, 6.07) is 6.41. The van der Waals surface area contributed by atoms with Crippen LogP contribution >= 0.6 is 0 Å². The van der Waals surface area contributed by atoms with Gasteiger partial charge in [0.1, 0.15) is 18.2 Å². The molecule has 0 aromatic carbocycles. The molecule has 0 heterocycles. The molecule has 0 N–H and O–H groups in total. The zero-order valence-corrected chi connectivity index (χ0v) is 14.9. The Hall–Kier alpha value is -1.57. The van der Waals surface area contributed by atoms with E-state index in [-0.39, 0.29) is 19.6 Å². The van der Waals surface area contributed by atoms with Crippen LogP contribution in [0.15, 0.2) is 0 Å². The molecular formula is C19H33N4+. The third kappa shape index (κ3) is 11.6. The highest BCUT2D eigenvalue weighted by atomic mass is 15.3. The average Bonchev–Trinajstić information content (AvgIpc) is 2.53. The second-order valence-corrected chi connectivity index (χ2v) is 6.55. The van der Waals surface area contributed by atoms with Gasteiger partial charge in [-0.2, -0.15) is 15.8 Å². The van der Waals surface area contributed by atoms with Crippen molar-refractivity contribution in [2.75, 3.05) is 26.2 Å². The summed E-state index contributed by atoms with van der Waals surface area (Å²) < 4.78 is 0.320. The summed E-state index contributed by atoms with van der Waals surface area (Å²) in [7, 11) is 0. The molecule has 0 bridgehead atoms. The van der Waals surface area contributed by atoms with Crippen molar-refractivity contribution in [2.45, 2.75) is 77.6 Å². The standard InChI is InChI=1S/C19H33N4/c1-2-3-4-5-6-7-8-9-10-11-12-16-23(17-13-20,18-14-21)19-15-22/h2-12,16-19H2,1H3/q+1. The van der Waals surface area contributed by atoms with Crippen molar-refractivity contribution >= 4 is 0 Å². The molecule has 128 valence electrons. The maximum Gasteiger partial charge on any atom is 0.168 e. The summed E-state index contributed by atoms with van der Waals surface area (Å²) in [5, 5.41) is 26.8. The summed E-state index contributed by atoms with van der Waals surface area (Å²) >= 11 is 0. The molecule has 0 fully saturated rings. The minimum absolute atomic E-state index is 0.263. The zero-order valence-electron chi connectivity index (χ0n) is 14.9. The van der Waals surface area contributed by atoms with Crippen molar-refractivity contribution in [1.29, 1.82) is 15.8 Å². The van der Waals surface area contributed by atoms with Crippen molar-refractivity contribution in [3.63, 3.8) is 0 Å². The highest BCUT2D eigenvalue weighted by Crippen LogP contribution is 2.13. The molecule has 0 saturated heterocycles. The van der Waals surface area contributed by atoms with Crippen LogP contribution in [0.5, 0.6) is 0 Å². The lowest BCUT2D eigenvalue weighted by Crippen LogP contribution is -2.49. The number of unbranched alkanes of at least 4 members (excludes halogenated alkanes) is 10. The molecular weight excluding hydrogens is 284 g/mol. The Bertz CT molecular complexity index is 356. The van der Waals surface area contributed by atoms with Gasteiger partial charge >= 0.3 is 0 Å². The van der Waals surface area contributed by atoms with Crippen molar-refractivity contribution < 1.29 is 4.48 Å². The van der Waals surface area contributed by atoms with Crippen molar-refractivity contribution in [3.05, 3.63) is 0 Å². The largest absolute Gasteiger partial charge is 0.288 e. The predicted molar refractivity (Wildman–Crippen MR) is 93.0 cm³/mol. The van der Waals surface area contributed by atoms with E-state index in [1.54, 1.807) is 0 Å². The second-order valence-electron chi connectivity index (χ2n) is 6.55. The molecule has 0 aliphatic rings. The van der Waals surface area contributed by atoms with Crippen LogP contribution in [0.3, 0.4) is 0 Å². The maximum atomic E-state index is 8.95. The van der Waals surface area contributed by atoms with Gasteiger partial charge in [0, 0.05) is 0 Å². The molecule has 0 spiro atoms. The van der Waals surface area contributed by atoms with E-state index in [2.05, 4.69) is 25.1 Å². The summed E-state index contributed by atoms with van der Waals surface area (Å²) in [4.78, 5) is 0. The van der Waals surface area contributed by atoms with E-state index in [4.69, 9.17) is 15.8 Å². The maximum absolute atomic E-state index is 8.95. The molecule has 4 heteroatoms. The monoisotopic (exact) mass is 317 g/mol. The molecule has 0 aliphatic heterocycles. The van der Waals surface area contributed by atoms with Crippen LogP contribution < -0.4 is 0 Å². The first-order chi connectivity index (χ1) is 11.2. The highest BCUT2D eigenvalue weighted by molar-refractivity contribution is 4.80. The van der Waals surface area contributed by atoms with E-state index in [0.29, 0.717) is 4.48 Å². The van der Waals surface area contributed by atoms with Gasteiger partial charge in [0.15, 0.2) is 19.6 Å². The Balaban J connectivity index is 3.73. The van der Waals surface area contributed by atoms with E-state index < -0.39 is 0 Å². The fourth-order valence-corrected chi connectivity index (χ4v) is 2.97. The summed E-state index contributed by atoms with van der Waals surface area (Å²) in [5.74, 6) is 0. The molecule has 0 atom stereocenters. The van der Waals surface area contributed by atoms with Crippen LogP contribution in [-0.4, -0.2) is 30.7 Å². The summed E-state index contributed by atoms with van der Waals surface area (Å²) in [5.41, 5.74) is 0. The smallest absolute Gasteiger partial charge is 0.168 e.